The topological polar surface area (TPSA) is 80.1 Å². The van der Waals surface area contributed by atoms with Crippen LogP contribution in [0.4, 0.5) is 11.4 Å². The molecule has 0 fully saturated rings. The van der Waals surface area contributed by atoms with E-state index in [9.17, 15) is 9.59 Å². The fourth-order valence-corrected chi connectivity index (χ4v) is 5.96. The van der Waals surface area contributed by atoms with Gasteiger partial charge < -0.3 is 10.2 Å². The first kappa shape index (κ1) is 28.7. The van der Waals surface area contributed by atoms with E-state index in [4.69, 9.17) is 23.2 Å². The highest BCUT2D eigenvalue weighted by Gasteiger charge is 2.33. The molecule has 2 heterocycles. The van der Waals surface area contributed by atoms with Gasteiger partial charge in [0, 0.05) is 39.6 Å². The van der Waals surface area contributed by atoms with E-state index in [1.165, 1.54) is 17.8 Å². The van der Waals surface area contributed by atoms with E-state index in [1.54, 1.807) is 42.5 Å². The van der Waals surface area contributed by atoms with Crippen molar-refractivity contribution in [1.29, 1.82) is 0 Å². The Morgan fingerprint density at radius 1 is 0.884 bits per heavy atom. The molecule has 7 nitrogen and oxygen atoms in total. The lowest BCUT2D eigenvalue weighted by molar-refractivity contribution is -0.113. The van der Waals surface area contributed by atoms with Crippen molar-refractivity contribution < 1.29 is 9.59 Å². The van der Waals surface area contributed by atoms with Crippen LogP contribution in [-0.2, 0) is 4.79 Å². The van der Waals surface area contributed by atoms with E-state index in [0.717, 1.165) is 28.2 Å². The van der Waals surface area contributed by atoms with E-state index >= 15 is 0 Å². The molecule has 1 aliphatic heterocycles. The van der Waals surface area contributed by atoms with Gasteiger partial charge in [-0.3, -0.25) is 14.2 Å². The highest BCUT2D eigenvalue weighted by atomic mass is 35.5. The molecule has 1 atom stereocenters. The molecule has 10 heteroatoms. The number of thioether (sulfide) groups is 1. The van der Waals surface area contributed by atoms with Crippen LogP contribution in [0.15, 0.2) is 108 Å². The fraction of sp³-hybridized carbons (Fsp3) is 0.0909. The lowest BCUT2D eigenvalue weighted by atomic mass is 10.0. The van der Waals surface area contributed by atoms with Crippen molar-refractivity contribution in [3.05, 3.63) is 130 Å². The molecule has 5 aromatic rings. The van der Waals surface area contributed by atoms with Crippen molar-refractivity contribution in [3.63, 3.8) is 0 Å². The average molecular weight is 627 g/mol. The second-order valence-corrected chi connectivity index (χ2v) is 11.7. The van der Waals surface area contributed by atoms with Crippen molar-refractivity contribution in [2.75, 3.05) is 23.0 Å². The maximum absolute atomic E-state index is 12.9. The van der Waals surface area contributed by atoms with Gasteiger partial charge in [0.15, 0.2) is 16.8 Å². The summed E-state index contributed by atoms with van der Waals surface area (Å²) < 4.78 is 2.06. The number of amides is 1. The van der Waals surface area contributed by atoms with E-state index in [-0.39, 0.29) is 23.6 Å². The molecule has 0 saturated carbocycles. The number of nitrogens with one attached hydrogen (secondary N) is 1. The third-order valence-corrected chi connectivity index (χ3v) is 8.50. The third-order valence-electron chi connectivity index (χ3n) is 7.05. The first-order valence-corrected chi connectivity index (χ1v) is 15.1. The van der Waals surface area contributed by atoms with Crippen LogP contribution in [0.1, 0.15) is 27.7 Å². The summed E-state index contributed by atoms with van der Waals surface area (Å²) in [6, 6.07) is 29.8. The molecule has 1 unspecified atom stereocenters. The van der Waals surface area contributed by atoms with E-state index in [2.05, 4.69) is 31.0 Å². The van der Waals surface area contributed by atoms with Gasteiger partial charge in [-0.1, -0.05) is 77.4 Å². The monoisotopic (exact) mass is 625 g/mol. The summed E-state index contributed by atoms with van der Waals surface area (Å²) in [5, 5.41) is 13.8. The largest absolute Gasteiger partial charge is 0.350 e. The van der Waals surface area contributed by atoms with Gasteiger partial charge in [-0.15, -0.1) is 10.2 Å². The Balaban J connectivity index is 1.14. The molecule has 0 aliphatic carbocycles. The van der Waals surface area contributed by atoms with Crippen LogP contribution in [0.3, 0.4) is 0 Å². The Bertz CT molecular complexity index is 1820. The van der Waals surface area contributed by atoms with Crippen LogP contribution in [0.25, 0.3) is 17.5 Å². The van der Waals surface area contributed by atoms with E-state index < -0.39 is 0 Å². The normalized spacial score (nSPS) is 13.9. The quantitative estimate of drug-likeness (QED) is 0.107. The number of benzene rings is 4. The predicted octanol–water partition coefficient (Wildman–Crippen LogP) is 7.88. The number of nitrogens with zero attached hydrogens (tertiary/aromatic N) is 4. The molecular weight excluding hydrogens is 601 g/mol. The van der Waals surface area contributed by atoms with E-state index in [1.807, 2.05) is 61.6 Å². The van der Waals surface area contributed by atoms with Gasteiger partial charge in [0.05, 0.1) is 5.75 Å². The number of para-hydroxylation sites is 1. The highest BCUT2D eigenvalue weighted by Crippen LogP contribution is 2.43. The number of carbonyl (C=O) groups excluding carboxylic acids is 2. The highest BCUT2D eigenvalue weighted by molar-refractivity contribution is 7.99. The number of hydrogen-bond acceptors (Lipinski definition) is 6. The van der Waals surface area contributed by atoms with Crippen molar-refractivity contribution in [3.8, 4) is 11.4 Å². The van der Waals surface area contributed by atoms with Crippen LogP contribution >= 0.6 is 35.0 Å². The summed E-state index contributed by atoms with van der Waals surface area (Å²) in [5.74, 6) is 0.529. The minimum absolute atomic E-state index is 0.126. The molecule has 43 heavy (non-hydrogen) atoms. The SMILES string of the molecule is CN1c2ccccc2-c2nnc(SCC(=O)Nc3ccc(C(=O)/C=C/c4ccc(Cl)cc4)cc3)n2C1c1ccc(Cl)cc1. The standard InChI is InChI=1S/C33H25Cl2N5O2S/c1-39-28-5-3-2-4-27(28)31-37-38-33(40(31)32(39)23-9-15-25(35)16-10-23)43-20-30(42)36-26-17-11-22(12-18-26)29(41)19-8-21-6-13-24(34)14-7-21/h2-19,32H,20H2,1H3,(H,36,42)/b19-8+. The van der Waals surface area contributed by atoms with Gasteiger partial charge in [-0.2, -0.15) is 0 Å². The van der Waals surface area contributed by atoms with Crippen LogP contribution < -0.4 is 10.2 Å². The summed E-state index contributed by atoms with van der Waals surface area (Å²) in [6.07, 6.45) is 3.03. The second kappa shape index (κ2) is 12.5. The number of rotatable bonds is 8. The lowest BCUT2D eigenvalue weighted by Gasteiger charge is -2.37. The third kappa shape index (κ3) is 6.22. The zero-order valence-corrected chi connectivity index (χ0v) is 25.3. The molecule has 0 bridgehead atoms. The maximum Gasteiger partial charge on any atom is 0.234 e. The molecule has 0 spiro atoms. The summed E-state index contributed by atoms with van der Waals surface area (Å²) in [5.41, 5.74) is 5.02. The molecule has 1 amide bonds. The molecular formula is C33H25Cl2N5O2S. The minimum atomic E-state index is -0.221. The number of ketones is 1. The zero-order chi connectivity index (χ0) is 29.9. The van der Waals surface area contributed by atoms with Crippen molar-refractivity contribution in [2.45, 2.75) is 11.3 Å². The van der Waals surface area contributed by atoms with Gasteiger partial charge in [0.1, 0.15) is 6.17 Å². The average Bonchev–Trinajstić information content (AvgIpc) is 3.45. The Hall–Kier alpha value is -4.37. The number of anilines is 2. The predicted molar refractivity (Wildman–Crippen MR) is 174 cm³/mol. The Morgan fingerprint density at radius 2 is 1.56 bits per heavy atom. The summed E-state index contributed by atoms with van der Waals surface area (Å²) in [7, 11) is 2.03. The minimum Gasteiger partial charge on any atom is -0.350 e. The number of allylic oxidation sites excluding steroid dienone is 1. The van der Waals surface area contributed by atoms with Crippen LogP contribution in [0.2, 0.25) is 10.0 Å². The first-order chi connectivity index (χ1) is 20.9. The molecule has 1 N–H and O–H groups in total. The zero-order valence-electron chi connectivity index (χ0n) is 22.9. The smallest absolute Gasteiger partial charge is 0.234 e. The van der Waals surface area contributed by atoms with Crippen LogP contribution in [-0.4, -0.2) is 39.3 Å². The number of carbonyl (C=O) groups is 2. The Labute approximate surface area is 263 Å². The number of fused-ring (bicyclic) bond motifs is 3. The van der Waals surface area contributed by atoms with Gasteiger partial charge >= 0.3 is 0 Å². The van der Waals surface area contributed by atoms with Gasteiger partial charge in [-0.05, 0) is 77.9 Å². The molecule has 1 aromatic heterocycles. The molecule has 6 rings (SSSR count). The molecule has 4 aromatic carbocycles. The fourth-order valence-electron chi connectivity index (χ4n) is 4.95. The summed E-state index contributed by atoms with van der Waals surface area (Å²) in [4.78, 5) is 27.7. The van der Waals surface area contributed by atoms with Crippen molar-refractivity contribution in [2.24, 2.45) is 0 Å². The number of aromatic nitrogens is 3. The van der Waals surface area contributed by atoms with Crippen LogP contribution in [0.5, 0.6) is 0 Å². The lowest BCUT2D eigenvalue weighted by Crippen LogP contribution is -2.34. The summed E-state index contributed by atoms with van der Waals surface area (Å²) >= 11 is 13.4. The summed E-state index contributed by atoms with van der Waals surface area (Å²) in [6.45, 7) is 0. The Morgan fingerprint density at radius 3 is 2.28 bits per heavy atom. The maximum atomic E-state index is 12.9. The first-order valence-electron chi connectivity index (χ1n) is 13.4. The number of hydrogen-bond donors (Lipinski definition) is 1. The van der Waals surface area contributed by atoms with Crippen molar-refractivity contribution in [1.82, 2.24) is 14.8 Å². The molecule has 214 valence electrons. The molecule has 1 aliphatic rings. The van der Waals surface area contributed by atoms with Crippen LogP contribution in [0, 0.1) is 0 Å². The molecule has 0 radical (unpaired) electrons. The van der Waals surface area contributed by atoms with Gasteiger partial charge in [0.25, 0.3) is 0 Å². The second-order valence-electron chi connectivity index (χ2n) is 9.89. The Kier molecular flexibility index (Phi) is 8.33. The van der Waals surface area contributed by atoms with Gasteiger partial charge in [0.2, 0.25) is 5.91 Å². The molecule has 0 saturated heterocycles. The van der Waals surface area contributed by atoms with Gasteiger partial charge in [-0.25, -0.2) is 0 Å². The van der Waals surface area contributed by atoms with E-state index in [0.29, 0.717) is 26.5 Å². The van der Waals surface area contributed by atoms with Crippen molar-refractivity contribution >= 4 is 64.1 Å². The number of halogens is 2.